The van der Waals surface area contributed by atoms with Gasteiger partial charge >= 0.3 is 0 Å². The zero-order chi connectivity index (χ0) is 12.1. The molecule has 0 aliphatic carbocycles. The van der Waals surface area contributed by atoms with Crippen LogP contribution in [-0.4, -0.2) is 4.32 Å². The zero-order valence-electron chi connectivity index (χ0n) is 9.30. The number of rotatable bonds is 3. The van der Waals surface area contributed by atoms with Gasteiger partial charge in [0.2, 0.25) is 0 Å². The SMILES string of the molecule is NC(=S)Sc1ccccc1Cc1ccccc1. The Kier molecular flexibility index (Phi) is 4.18. The smallest absolute Gasteiger partial charge is 0.136 e. The van der Waals surface area contributed by atoms with Crippen molar-refractivity contribution in [1.82, 2.24) is 0 Å². The van der Waals surface area contributed by atoms with E-state index in [9.17, 15) is 0 Å². The quantitative estimate of drug-likeness (QED) is 0.673. The summed E-state index contributed by atoms with van der Waals surface area (Å²) in [4.78, 5) is 1.14. The van der Waals surface area contributed by atoms with E-state index in [1.165, 1.54) is 22.9 Å². The zero-order valence-corrected chi connectivity index (χ0v) is 10.9. The van der Waals surface area contributed by atoms with Crippen LogP contribution in [0.4, 0.5) is 0 Å². The monoisotopic (exact) mass is 259 g/mol. The molecule has 17 heavy (non-hydrogen) atoms. The van der Waals surface area contributed by atoms with Crippen molar-refractivity contribution in [2.24, 2.45) is 5.73 Å². The van der Waals surface area contributed by atoms with Gasteiger partial charge in [-0.15, -0.1) is 0 Å². The molecule has 86 valence electrons. The molecule has 0 amide bonds. The van der Waals surface area contributed by atoms with Crippen molar-refractivity contribution in [2.75, 3.05) is 0 Å². The van der Waals surface area contributed by atoms with Crippen molar-refractivity contribution in [2.45, 2.75) is 11.3 Å². The maximum absolute atomic E-state index is 5.58. The van der Waals surface area contributed by atoms with E-state index in [2.05, 4.69) is 36.4 Å². The fraction of sp³-hybridized carbons (Fsp3) is 0.0714. The molecule has 2 rings (SSSR count). The Morgan fingerprint density at radius 3 is 2.35 bits per heavy atom. The first-order valence-electron chi connectivity index (χ1n) is 5.35. The molecule has 0 spiro atoms. The molecule has 3 heteroatoms. The lowest BCUT2D eigenvalue weighted by Crippen LogP contribution is -2.02. The second-order valence-electron chi connectivity index (χ2n) is 3.69. The molecule has 1 nitrogen and oxygen atoms in total. The molecule has 0 aliphatic heterocycles. The van der Waals surface area contributed by atoms with E-state index in [0.29, 0.717) is 4.32 Å². The lowest BCUT2D eigenvalue weighted by Gasteiger charge is -2.08. The van der Waals surface area contributed by atoms with E-state index in [-0.39, 0.29) is 0 Å². The third-order valence-corrected chi connectivity index (χ3v) is 3.49. The van der Waals surface area contributed by atoms with Crippen LogP contribution in [-0.2, 0) is 6.42 Å². The Bertz CT molecular complexity index is 509. The van der Waals surface area contributed by atoms with Crippen LogP contribution in [0.5, 0.6) is 0 Å². The second kappa shape index (κ2) is 5.84. The maximum Gasteiger partial charge on any atom is 0.136 e. The lowest BCUT2D eigenvalue weighted by molar-refractivity contribution is 1.13. The normalized spacial score (nSPS) is 10.1. The number of thiocarbonyl (C=S) groups is 1. The summed E-state index contributed by atoms with van der Waals surface area (Å²) in [6.07, 6.45) is 0.909. The van der Waals surface area contributed by atoms with Crippen LogP contribution in [0.1, 0.15) is 11.1 Å². The number of hydrogen-bond acceptors (Lipinski definition) is 2. The van der Waals surface area contributed by atoms with Crippen molar-refractivity contribution in [3.05, 3.63) is 65.7 Å². The van der Waals surface area contributed by atoms with Crippen LogP contribution in [0.2, 0.25) is 0 Å². The lowest BCUT2D eigenvalue weighted by atomic mass is 10.1. The predicted octanol–water partition coefficient (Wildman–Crippen LogP) is 3.61. The third kappa shape index (κ3) is 3.58. The first-order chi connectivity index (χ1) is 8.25. The molecular formula is C14H13NS2. The Morgan fingerprint density at radius 1 is 1.00 bits per heavy atom. The molecule has 0 saturated heterocycles. The summed E-state index contributed by atoms with van der Waals surface area (Å²) in [5.74, 6) is 0. The first kappa shape index (κ1) is 12.1. The van der Waals surface area contributed by atoms with E-state index in [1.54, 1.807) is 0 Å². The Labute approximate surface area is 111 Å². The van der Waals surface area contributed by atoms with Crippen LogP contribution in [0.3, 0.4) is 0 Å². The summed E-state index contributed by atoms with van der Waals surface area (Å²) in [5.41, 5.74) is 8.14. The minimum atomic E-state index is 0.463. The Hall–Kier alpha value is -1.32. The van der Waals surface area contributed by atoms with Gasteiger partial charge in [0.15, 0.2) is 0 Å². The topological polar surface area (TPSA) is 26.0 Å². The predicted molar refractivity (Wildman–Crippen MR) is 78.3 cm³/mol. The number of nitrogens with two attached hydrogens (primary N) is 1. The van der Waals surface area contributed by atoms with Crippen molar-refractivity contribution in [3.63, 3.8) is 0 Å². The van der Waals surface area contributed by atoms with Crippen LogP contribution < -0.4 is 5.73 Å². The highest BCUT2D eigenvalue weighted by Crippen LogP contribution is 2.24. The standard InChI is InChI=1S/C14H13NS2/c15-14(16)17-13-9-5-4-8-12(13)10-11-6-2-1-3-7-11/h1-9H,10H2,(H2,15,16). The van der Waals surface area contributed by atoms with E-state index in [0.717, 1.165) is 11.3 Å². The summed E-state index contributed by atoms with van der Waals surface area (Å²) in [6, 6.07) is 18.6. The molecule has 0 heterocycles. The van der Waals surface area contributed by atoms with Crippen LogP contribution >= 0.6 is 24.0 Å². The Morgan fingerprint density at radius 2 is 1.65 bits per heavy atom. The van der Waals surface area contributed by atoms with E-state index in [1.807, 2.05) is 18.2 Å². The Balaban J connectivity index is 2.23. The van der Waals surface area contributed by atoms with Crippen LogP contribution in [0.25, 0.3) is 0 Å². The van der Waals surface area contributed by atoms with Gasteiger partial charge in [-0.25, -0.2) is 0 Å². The number of hydrogen-bond donors (Lipinski definition) is 1. The molecular weight excluding hydrogens is 246 g/mol. The van der Waals surface area contributed by atoms with Gasteiger partial charge in [0, 0.05) is 4.90 Å². The molecule has 0 aromatic heterocycles. The molecule has 2 aromatic carbocycles. The molecule has 0 fully saturated rings. The molecule has 0 bridgehead atoms. The van der Waals surface area contributed by atoms with E-state index in [4.69, 9.17) is 18.0 Å². The van der Waals surface area contributed by atoms with Crippen molar-refractivity contribution in [3.8, 4) is 0 Å². The molecule has 0 atom stereocenters. The van der Waals surface area contributed by atoms with Crippen molar-refractivity contribution < 1.29 is 0 Å². The summed E-state index contributed by atoms with van der Waals surface area (Å²) < 4.78 is 0.463. The van der Waals surface area contributed by atoms with Crippen LogP contribution in [0, 0.1) is 0 Å². The van der Waals surface area contributed by atoms with Gasteiger partial charge in [-0.1, -0.05) is 72.5 Å². The van der Waals surface area contributed by atoms with Gasteiger partial charge in [0.25, 0.3) is 0 Å². The summed E-state index contributed by atoms with van der Waals surface area (Å²) in [7, 11) is 0. The summed E-state index contributed by atoms with van der Waals surface area (Å²) >= 11 is 6.40. The van der Waals surface area contributed by atoms with Gasteiger partial charge in [0.1, 0.15) is 4.32 Å². The third-order valence-electron chi connectivity index (χ3n) is 2.42. The van der Waals surface area contributed by atoms with Crippen LogP contribution in [0.15, 0.2) is 59.5 Å². The molecule has 2 N–H and O–H groups in total. The largest absolute Gasteiger partial charge is 0.384 e. The maximum atomic E-state index is 5.58. The number of thioether (sulfide) groups is 1. The van der Waals surface area contributed by atoms with Crippen molar-refractivity contribution in [1.29, 1.82) is 0 Å². The first-order valence-corrected chi connectivity index (χ1v) is 6.57. The summed E-state index contributed by atoms with van der Waals surface area (Å²) in [5, 5.41) is 0. The summed E-state index contributed by atoms with van der Waals surface area (Å²) in [6.45, 7) is 0. The fourth-order valence-corrected chi connectivity index (χ4v) is 2.58. The highest BCUT2D eigenvalue weighted by Gasteiger charge is 2.04. The van der Waals surface area contributed by atoms with E-state index >= 15 is 0 Å². The minimum Gasteiger partial charge on any atom is -0.384 e. The average Bonchev–Trinajstić information content (AvgIpc) is 2.32. The molecule has 0 aliphatic rings. The van der Waals surface area contributed by atoms with Gasteiger partial charge in [-0.05, 0) is 23.6 Å². The minimum absolute atomic E-state index is 0.463. The molecule has 0 unspecified atom stereocenters. The highest BCUT2D eigenvalue weighted by atomic mass is 32.2. The number of benzene rings is 2. The van der Waals surface area contributed by atoms with Crippen molar-refractivity contribution >= 4 is 28.3 Å². The van der Waals surface area contributed by atoms with E-state index < -0.39 is 0 Å². The van der Waals surface area contributed by atoms with Gasteiger partial charge < -0.3 is 5.73 Å². The molecule has 2 aromatic rings. The second-order valence-corrected chi connectivity index (χ2v) is 5.47. The van der Waals surface area contributed by atoms with Gasteiger partial charge in [-0.2, -0.15) is 0 Å². The highest BCUT2D eigenvalue weighted by molar-refractivity contribution is 8.23. The molecule has 0 saturated carbocycles. The van der Waals surface area contributed by atoms with Gasteiger partial charge in [-0.3, -0.25) is 0 Å². The average molecular weight is 259 g/mol. The molecule has 0 radical (unpaired) electrons. The fourth-order valence-electron chi connectivity index (χ4n) is 1.67. The van der Waals surface area contributed by atoms with Gasteiger partial charge in [0.05, 0.1) is 0 Å².